The number of nitrogens with one attached hydrogen (secondary N) is 2. The highest BCUT2D eigenvalue weighted by molar-refractivity contribution is 6.39. The van der Waals surface area contributed by atoms with Gasteiger partial charge < -0.3 is 27.2 Å². The maximum absolute atomic E-state index is 12.6. The number of rotatable bonds is 8. The minimum Gasteiger partial charge on any atom is -0.480 e. The normalized spacial score (nSPS) is 18.2. The summed E-state index contributed by atoms with van der Waals surface area (Å²) in [5, 5.41) is 15.2. The SMILES string of the molecule is NC(N)=NC1CCC(C(=O)Nc2ccc(C[C@H](NC(=O)c3c(Cl)cccc3Cl)C(=O)O)cc2)CC1. The molecule has 0 aromatic heterocycles. The van der Waals surface area contributed by atoms with Gasteiger partial charge >= 0.3 is 5.97 Å². The minimum atomic E-state index is -1.20. The zero-order valence-corrected chi connectivity index (χ0v) is 20.4. The number of aliphatic imine (C=N–C) groups is 1. The molecule has 1 aliphatic carbocycles. The molecule has 1 saturated carbocycles. The van der Waals surface area contributed by atoms with E-state index in [-0.39, 0.29) is 45.9 Å². The number of nitrogens with zero attached hydrogens (tertiary/aromatic N) is 1. The number of carboxylic acid groups (broad SMARTS) is 1. The molecule has 0 unspecified atom stereocenters. The molecule has 35 heavy (non-hydrogen) atoms. The number of aliphatic carboxylic acids is 1. The van der Waals surface area contributed by atoms with Gasteiger partial charge in [-0.15, -0.1) is 0 Å². The lowest BCUT2D eigenvalue weighted by molar-refractivity contribution is -0.139. The Balaban J connectivity index is 1.57. The lowest BCUT2D eigenvalue weighted by atomic mass is 9.85. The van der Waals surface area contributed by atoms with Crippen molar-refractivity contribution in [3.05, 3.63) is 63.6 Å². The lowest BCUT2D eigenvalue weighted by Gasteiger charge is -2.25. The topological polar surface area (TPSA) is 160 Å². The van der Waals surface area contributed by atoms with Gasteiger partial charge in [-0.2, -0.15) is 0 Å². The molecular formula is C24H27Cl2N5O4. The van der Waals surface area contributed by atoms with Gasteiger partial charge in [-0.05, 0) is 55.5 Å². The largest absolute Gasteiger partial charge is 0.480 e. The monoisotopic (exact) mass is 519 g/mol. The summed E-state index contributed by atoms with van der Waals surface area (Å²) in [6, 6.07) is 10.3. The van der Waals surface area contributed by atoms with Crippen molar-refractivity contribution in [2.45, 2.75) is 44.2 Å². The van der Waals surface area contributed by atoms with Crippen molar-refractivity contribution < 1.29 is 19.5 Å². The summed E-state index contributed by atoms with van der Waals surface area (Å²) in [7, 11) is 0. The van der Waals surface area contributed by atoms with Crippen molar-refractivity contribution in [3.63, 3.8) is 0 Å². The Kier molecular flexibility index (Phi) is 8.95. The fourth-order valence-corrected chi connectivity index (χ4v) is 4.60. The molecule has 0 radical (unpaired) electrons. The molecule has 186 valence electrons. The van der Waals surface area contributed by atoms with Crippen LogP contribution in [0.1, 0.15) is 41.6 Å². The molecule has 2 aromatic rings. The van der Waals surface area contributed by atoms with Crippen LogP contribution in [0.25, 0.3) is 0 Å². The zero-order valence-electron chi connectivity index (χ0n) is 18.8. The van der Waals surface area contributed by atoms with E-state index in [2.05, 4.69) is 15.6 Å². The zero-order chi connectivity index (χ0) is 25.5. The summed E-state index contributed by atoms with van der Waals surface area (Å²) in [6.07, 6.45) is 2.92. The Hall–Kier alpha value is -3.30. The maximum Gasteiger partial charge on any atom is 0.326 e. The van der Waals surface area contributed by atoms with Crippen LogP contribution in [0.4, 0.5) is 5.69 Å². The fourth-order valence-electron chi connectivity index (χ4n) is 4.03. The molecule has 7 N–H and O–H groups in total. The predicted molar refractivity (Wildman–Crippen MR) is 136 cm³/mol. The van der Waals surface area contributed by atoms with Gasteiger partial charge in [0.2, 0.25) is 5.91 Å². The van der Waals surface area contributed by atoms with Gasteiger partial charge in [0, 0.05) is 18.0 Å². The molecule has 0 saturated heterocycles. The highest BCUT2D eigenvalue weighted by Gasteiger charge is 2.27. The number of hydrogen-bond donors (Lipinski definition) is 5. The van der Waals surface area contributed by atoms with Crippen LogP contribution in [-0.2, 0) is 16.0 Å². The molecule has 2 amide bonds. The van der Waals surface area contributed by atoms with Gasteiger partial charge in [0.25, 0.3) is 5.91 Å². The molecule has 1 aliphatic rings. The number of carboxylic acids is 1. The van der Waals surface area contributed by atoms with Crippen LogP contribution in [0.2, 0.25) is 10.0 Å². The molecule has 0 heterocycles. The fraction of sp³-hybridized carbons (Fsp3) is 0.333. The van der Waals surface area contributed by atoms with Crippen LogP contribution >= 0.6 is 23.2 Å². The number of benzene rings is 2. The Morgan fingerprint density at radius 3 is 2.14 bits per heavy atom. The summed E-state index contributed by atoms with van der Waals surface area (Å²) in [5.74, 6) is -2.01. The number of guanidine groups is 1. The average Bonchev–Trinajstić information content (AvgIpc) is 2.79. The van der Waals surface area contributed by atoms with Crippen LogP contribution in [0.5, 0.6) is 0 Å². The summed E-state index contributed by atoms with van der Waals surface area (Å²) in [5.41, 5.74) is 12.1. The first-order valence-electron chi connectivity index (χ1n) is 11.1. The summed E-state index contributed by atoms with van der Waals surface area (Å²) in [4.78, 5) is 41.1. The number of hydrogen-bond acceptors (Lipinski definition) is 4. The highest BCUT2D eigenvalue weighted by Crippen LogP contribution is 2.28. The molecule has 2 aromatic carbocycles. The Morgan fingerprint density at radius 1 is 1.00 bits per heavy atom. The molecule has 9 nitrogen and oxygen atoms in total. The van der Waals surface area contributed by atoms with Crippen LogP contribution < -0.4 is 22.1 Å². The first-order valence-corrected chi connectivity index (χ1v) is 11.9. The third-order valence-corrected chi connectivity index (χ3v) is 6.48. The summed E-state index contributed by atoms with van der Waals surface area (Å²) < 4.78 is 0. The molecule has 0 spiro atoms. The number of halogens is 2. The van der Waals surface area contributed by atoms with Crippen LogP contribution in [-0.4, -0.2) is 40.9 Å². The van der Waals surface area contributed by atoms with Crippen LogP contribution in [0.3, 0.4) is 0 Å². The third-order valence-electron chi connectivity index (χ3n) is 5.85. The van der Waals surface area contributed by atoms with Gasteiger partial charge in [0.15, 0.2) is 5.96 Å². The van der Waals surface area contributed by atoms with Crippen LogP contribution in [0, 0.1) is 5.92 Å². The quantitative estimate of drug-likeness (QED) is 0.266. The van der Waals surface area contributed by atoms with Gasteiger partial charge in [-0.1, -0.05) is 41.4 Å². The Labute approximate surface area is 212 Å². The maximum atomic E-state index is 12.6. The number of carbonyl (C=O) groups excluding carboxylic acids is 2. The van der Waals surface area contributed by atoms with Gasteiger partial charge in [-0.25, -0.2) is 4.79 Å². The van der Waals surface area contributed by atoms with E-state index in [1.807, 2.05) is 0 Å². The van der Waals surface area contributed by atoms with E-state index in [9.17, 15) is 19.5 Å². The second-order valence-electron chi connectivity index (χ2n) is 8.41. The van der Waals surface area contributed by atoms with Crippen LogP contribution in [0.15, 0.2) is 47.5 Å². The van der Waals surface area contributed by atoms with Crippen molar-refractivity contribution in [1.82, 2.24) is 5.32 Å². The summed E-state index contributed by atoms with van der Waals surface area (Å²) in [6.45, 7) is 0. The van der Waals surface area contributed by atoms with Crippen molar-refractivity contribution in [2.24, 2.45) is 22.4 Å². The number of anilines is 1. The number of amides is 2. The molecule has 3 rings (SSSR count). The van der Waals surface area contributed by atoms with Gasteiger partial charge in [0.1, 0.15) is 6.04 Å². The minimum absolute atomic E-state index is 0.0208. The van der Waals surface area contributed by atoms with Gasteiger partial charge in [0.05, 0.1) is 21.7 Å². The van der Waals surface area contributed by atoms with Crippen molar-refractivity contribution in [2.75, 3.05) is 5.32 Å². The van der Waals surface area contributed by atoms with Crippen molar-refractivity contribution >= 4 is 52.6 Å². The third kappa shape index (κ3) is 7.34. The molecule has 0 aliphatic heterocycles. The second kappa shape index (κ2) is 11.9. The average molecular weight is 520 g/mol. The predicted octanol–water partition coefficient (Wildman–Crippen LogP) is 3.19. The Morgan fingerprint density at radius 2 is 1.60 bits per heavy atom. The highest BCUT2D eigenvalue weighted by atomic mass is 35.5. The molecule has 11 heteroatoms. The number of nitrogens with two attached hydrogens (primary N) is 2. The summed E-state index contributed by atoms with van der Waals surface area (Å²) >= 11 is 12.1. The van der Waals surface area contributed by atoms with Gasteiger partial charge in [-0.3, -0.25) is 14.6 Å². The first-order chi connectivity index (χ1) is 16.6. The molecular weight excluding hydrogens is 493 g/mol. The van der Waals surface area contributed by atoms with E-state index in [0.29, 0.717) is 24.1 Å². The number of carbonyl (C=O) groups is 3. The smallest absolute Gasteiger partial charge is 0.326 e. The van der Waals surface area contributed by atoms with E-state index in [1.165, 1.54) is 12.1 Å². The molecule has 1 atom stereocenters. The van der Waals surface area contributed by atoms with E-state index >= 15 is 0 Å². The van der Waals surface area contributed by atoms with E-state index in [4.69, 9.17) is 34.7 Å². The van der Waals surface area contributed by atoms with E-state index < -0.39 is 17.9 Å². The second-order valence-corrected chi connectivity index (χ2v) is 9.23. The Bertz CT molecular complexity index is 1090. The first kappa shape index (κ1) is 26.3. The van der Waals surface area contributed by atoms with Crippen molar-refractivity contribution in [3.8, 4) is 0 Å². The lowest BCUT2D eigenvalue weighted by Crippen LogP contribution is -2.42. The van der Waals surface area contributed by atoms with E-state index in [1.54, 1.807) is 30.3 Å². The molecule has 1 fully saturated rings. The standard InChI is InChI=1S/C24H27Cl2N5O4/c25-17-2-1-3-18(26)20(17)22(33)31-19(23(34)35)12-13-4-8-15(9-5-13)29-21(32)14-6-10-16(11-7-14)30-24(27)28/h1-5,8-9,14,16,19H,6-7,10-12H2,(H,29,32)(H,31,33)(H,34,35)(H4,27,28,30)/t14?,16?,19-/m0/s1. The van der Waals surface area contributed by atoms with Crippen molar-refractivity contribution in [1.29, 1.82) is 0 Å². The van der Waals surface area contributed by atoms with E-state index in [0.717, 1.165) is 12.8 Å². The molecule has 0 bridgehead atoms.